The van der Waals surface area contributed by atoms with Crippen LogP contribution in [0.3, 0.4) is 0 Å². The minimum Gasteiger partial charge on any atom is -0.494 e. The molecule has 8 heteroatoms. The van der Waals surface area contributed by atoms with E-state index in [1.165, 1.54) is 0 Å². The minimum absolute atomic E-state index is 0.107. The number of rotatable bonds is 6. The first-order valence-electron chi connectivity index (χ1n) is 9.90. The van der Waals surface area contributed by atoms with Gasteiger partial charge in [0, 0.05) is 24.1 Å². The molecule has 2 aromatic carbocycles. The van der Waals surface area contributed by atoms with Crippen molar-refractivity contribution in [1.29, 1.82) is 0 Å². The lowest BCUT2D eigenvalue weighted by molar-refractivity contribution is -0.122. The Hall–Kier alpha value is -3.55. The molecule has 1 atom stereocenters. The lowest BCUT2D eigenvalue weighted by Gasteiger charge is -2.14. The first-order valence-corrected chi connectivity index (χ1v) is 9.90. The maximum atomic E-state index is 12.6. The van der Waals surface area contributed by atoms with Crippen LogP contribution in [0.5, 0.6) is 11.5 Å². The number of carbonyl (C=O) groups excluding carboxylic acids is 1. The topological polar surface area (TPSA) is 102 Å². The summed E-state index contributed by atoms with van der Waals surface area (Å²) in [7, 11) is 0. The van der Waals surface area contributed by atoms with Gasteiger partial charge in [-0.1, -0.05) is 12.1 Å². The van der Waals surface area contributed by atoms with Crippen LogP contribution in [-0.2, 0) is 24.3 Å². The fourth-order valence-electron chi connectivity index (χ4n) is 3.66. The molecule has 0 aliphatic carbocycles. The monoisotopic (exact) mass is 409 g/mol. The third-order valence-electron chi connectivity index (χ3n) is 5.04. The van der Waals surface area contributed by atoms with Crippen LogP contribution in [0.15, 0.2) is 46.0 Å². The number of nitrogens with one attached hydrogen (secondary N) is 2. The number of hydrogen-bond donors (Lipinski definition) is 2. The number of H-pyrrole nitrogens is 1. The molecular weight excluding hydrogens is 386 g/mol. The molecule has 8 nitrogen and oxygen atoms in total. The Bertz CT molecular complexity index is 1230. The van der Waals surface area contributed by atoms with E-state index < -0.39 is 17.0 Å². The Balaban J connectivity index is 1.52. The van der Waals surface area contributed by atoms with Crippen LogP contribution in [0.1, 0.15) is 25.0 Å². The molecule has 2 heterocycles. The first kappa shape index (κ1) is 19.8. The highest BCUT2D eigenvalue weighted by molar-refractivity contribution is 5.81. The van der Waals surface area contributed by atoms with Gasteiger partial charge in [-0.15, -0.1) is 0 Å². The molecule has 30 heavy (non-hydrogen) atoms. The van der Waals surface area contributed by atoms with Crippen molar-refractivity contribution in [3.05, 3.63) is 68.2 Å². The lowest BCUT2D eigenvalue weighted by Crippen LogP contribution is -2.36. The van der Waals surface area contributed by atoms with Gasteiger partial charge >= 0.3 is 0 Å². The summed E-state index contributed by atoms with van der Waals surface area (Å²) in [6.45, 7) is 4.33. The van der Waals surface area contributed by atoms with E-state index in [1.807, 2.05) is 26.0 Å². The van der Waals surface area contributed by atoms with Gasteiger partial charge in [0.15, 0.2) is 0 Å². The molecule has 4 rings (SSSR count). The van der Waals surface area contributed by atoms with Gasteiger partial charge in [0.25, 0.3) is 11.1 Å². The van der Waals surface area contributed by atoms with Crippen LogP contribution < -0.4 is 25.9 Å². The SMILES string of the molecule is CCOc1cc2c(cc1CNC(=O)Cn1[nH]c(=O)c3ccccc3c1=O)O[C@@H](C)C2. The second kappa shape index (κ2) is 8.06. The van der Waals surface area contributed by atoms with E-state index in [2.05, 4.69) is 10.4 Å². The number of carbonyl (C=O) groups is 1. The van der Waals surface area contributed by atoms with Crippen molar-refractivity contribution >= 4 is 16.7 Å². The molecule has 3 aromatic rings. The minimum atomic E-state index is -0.421. The number of hydrogen-bond acceptors (Lipinski definition) is 5. The predicted molar refractivity (Wildman–Crippen MR) is 112 cm³/mol. The molecule has 0 spiro atoms. The number of benzene rings is 2. The Morgan fingerprint density at radius 2 is 2.03 bits per heavy atom. The van der Waals surface area contributed by atoms with Crippen molar-refractivity contribution in [3.63, 3.8) is 0 Å². The number of fused-ring (bicyclic) bond motifs is 2. The van der Waals surface area contributed by atoms with Crippen LogP contribution in [-0.4, -0.2) is 28.4 Å². The highest BCUT2D eigenvalue weighted by Crippen LogP contribution is 2.35. The third kappa shape index (κ3) is 3.80. The molecule has 0 saturated carbocycles. The standard InChI is InChI=1S/C22H23N3O5/c1-3-29-18-9-14-8-13(2)30-19(14)10-15(18)11-23-20(26)12-25-22(28)17-7-5-4-6-16(17)21(27)24-25/h4-7,9-10,13H,3,8,11-12H2,1-2H3,(H,23,26)(H,24,27)/t13-/m0/s1. The summed E-state index contributed by atoms with van der Waals surface area (Å²) in [4.78, 5) is 37.2. The van der Waals surface area contributed by atoms with Gasteiger partial charge in [-0.3, -0.25) is 19.5 Å². The number of ether oxygens (including phenoxy) is 2. The van der Waals surface area contributed by atoms with Crippen molar-refractivity contribution in [2.24, 2.45) is 0 Å². The maximum Gasteiger partial charge on any atom is 0.273 e. The number of amides is 1. The lowest BCUT2D eigenvalue weighted by atomic mass is 10.1. The van der Waals surface area contributed by atoms with Crippen LogP contribution in [0.2, 0.25) is 0 Å². The molecule has 0 fully saturated rings. The largest absolute Gasteiger partial charge is 0.494 e. The summed E-state index contributed by atoms with van der Waals surface area (Å²) < 4.78 is 12.5. The Morgan fingerprint density at radius 1 is 1.27 bits per heavy atom. The molecular formula is C22H23N3O5. The zero-order valence-corrected chi connectivity index (χ0v) is 16.9. The van der Waals surface area contributed by atoms with Gasteiger partial charge < -0.3 is 14.8 Å². The molecule has 1 aliphatic rings. The Morgan fingerprint density at radius 3 is 2.80 bits per heavy atom. The van der Waals surface area contributed by atoms with Crippen LogP contribution in [0, 0.1) is 0 Å². The normalized spacial score (nSPS) is 14.9. The van der Waals surface area contributed by atoms with Gasteiger partial charge in [-0.2, -0.15) is 0 Å². The van der Waals surface area contributed by atoms with Crippen molar-refractivity contribution < 1.29 is 14.3 Å². The number of aromatic amines is 1. The van der Waals surface area contributed by atoms with E-state index in [1.54, 1.807) is 24.3 Å². The quantitative estimate of drug-likeness (QED) is 0.646. The van der Waals surface area contributed by atoms with E-state index in [4.69, 9.17) is 9.47 Å². The summed E-state index contributed by atoms with van der Waals surface area (Å²) in [5, 5.41) is 5.82. The van der Waals surface area contributed by atoms with Crippen LogP contribution in [0.25, 0.3) is 10.8 Å². The van der Waals surface area contributed by atoms with Gasteiger partial charge in [0.05, 0.1) is 17.4 Å². The molecule has 1 amide bonds. The Kier molecular flexibility index (Phi) is 5.31. The fraction of sp³-hybridized carbons (Fsp3) is 0.318. The highest BCUT2D eigenvalue weighted by Gasteiger charge is 2.22. The molecule has 156 valence electrons. The predicted octanol–water partition coefficient (Wildman–Crippen LogP) is 1.73. The summed E-state index contributed by atoms with van der Waals surface area (Å²) in [6.07, 6.45) is 0.927. The van der Waals surface area contributed by atoms with Crippen molar-refractivity contribution in [2.75, 3.05) is 6.61 Å². The molecule has 2 N–H and O–H groups in total. The van der Waals surface area contributed by atoms with Gasteiger partial charge in [-0.25, -0.2) is 4.68 Å². The second-order valence-corrected chi connectivity index (χ2v) is 7.29. The van der Waals surface area contributed by atoms with Gasteiger partial charge in [0.2, 0.25) is 5.91 Å². The van der Waals surface area contributed by atoms with E-state index in [9.17, 15) is 14.4 Å². The van der Waals surface area contributed by atoms with E-state index in [0.29, 0.717) is 17.7 Å². The Labute approximate surface area is 172 Å². The summed E-state index contributed by atoms with van der Waals surface area (Å²) in [5.41, 5.74) is 1.04. The molecule has 0 saturated heterocycles. The first-order chi connectivity index (χ1) is 14.5. The maximum absolute atomic E-state index is 12.6. The summed E-state index contributed by atoms with van der Waals surface area (Å²) in [6, 6.07) is 10.3. The zero-order chi connectivity index (χ0) is 21.3. The number of aromatic nitrogens is 2. The van der Waals surface area contributed by atoms with E-state index in [-0.39, 0.29) is 24.6 Å². The second-order valence-electron chi connectivity index (χ2n) is 7.29. The summed E-state index contributed by atoms with van der Waals surface area (Å²) >= 11 is 0. The van der Waals surface area contributed by atoms with E-state index in [0.717, 1.165) is 28.0 Å². The zero-order valence-electron chi connectivity index (χ0n) is 16.9. The highest BCUT2D eigenvalue weighted by atomic mass is 16.5. The van der Waals surface area contributed by atoms with Gasteiger partial charge in [0.1, 0.15) is 24.1 Å². The smallest absolute Gasteiger partial charge is 0.273 e. The number of nitrogens with zero attached hydrogens (tertiary/aromatic N) is 1. The molecule has 1 aliphatic heterocycles. The van der Waals surface area contributed by atoms with Crippen LogP contribution in [0.4, 0.5) is 0 Å². The fourth-order valence-corrected chi connectivity index (χ4v) is 3.66. The third-order valence-corrected chi connectivity index (χ3v) is 5.04. The molecule has 0 bridgehead atoms. The molecule has 0 unspecified atom stereocenters. The van der Waals surface area contributed by atoms with Crippen molar-refractivity contribution in [3.8, 4) is 11.5 Å². The molecule has 1 aromatic heterocycles. The van der Waals surface area contributed by atoms with Crippen LogP contribution >= 0.6 is 0 Å². The average molecular weight is 409 g/mol. The van der Waals surface area contributed by atoms with Gasteiger partial charge in [-0.05, 0) is 38.1 Å². The average Bonchev–Trinajstić information content (AvgIpc) is 3.09. The van der Waals surface area contributed by atoms with Crippen molar-refractivity contribution in [1.82, 2.24) is 15.1 Å². The van der Waals surface area contributed by atoms with Crippen molar-refractivity contribution in [2.45, 2.75) is 39.5 Å². The molecule has 0 radical (unpaired) electrons. The van der Waals surface area contributed by atoms with E-state index >= 15 is 0 Å². The summed E-state index contributed by atoms with van der Waals surface area (Å²) in [5.74, 6) is 1.09.